The van der Waals surface area contributed by atoms with Gasteiger partial charge in [-0.1, -0.05) is 23.9 Å². The van der Waals surface area contributed by atoms with E-state index >= 15 is 0 Å². The van der Waals surface area contributed by atoms with Crippen molar-refractivity contribution in [3.05, 3.63) is 41.6 Å². The van der Waals surface area contributed by atoms with Crippen LogP contribution in [-0.4, -0.2) is 28.8 Å². The summed E-state index contributed by atoms with van der Waals surface area (Å²) in [6, 6.07) is 6.32. The van der Waals surface area contributed by atoms with Gasteiger partial charge in [-0.25, -0.2) is 9.97 Å². The van der Waals surface area contributed by atoms with Crippen LogP contribution >= 0.6 is 11.8 Å². The fourth-order valence-corrected chi connectivity index (χ4v) is 2.53. The van der Waals surface area contributed by atoms with Crippen LogP contribution in [0.2, 0.25) is 0 Å². The summed E-state index contributed by atoms with van der Waals surface area (Å²) in [5, 5.41) is 0.554. The predicted octanol–water partition coefficient (Wildman–Crippen LogP) is 3.74. The maximum Gasteiger partial charge on any atom is 0.416 e. The second kappa shape index (κ2) is 6.99. The standard InChI is InChI=1S/C15H13F3N2O2S/c1-9-7-12(23-8-13(21)22-2)20-14(19-9)10-3-5-11(6-4-10)15(16,17)18/h3-7H,8H2,1-2H3. The van der Waals surface area contributed by atoms with Crippen molar-refractivity contribution < 1.29 is 22.7 Å². The molecule has 0 atom stereocenters. The molecule has 122 valence electrons. The zero-order valence-electron chi connectivity index (χ0n) is 12.3. The third kappa shape index (κ3) is 4.69. The maximum absolute atomic E-state index is 12.6. The quantitative estimate of drug-likeness (QED) is 0.481. The number of methoxy groups -OCH3 is 1. The van der Waals surface area contributed by atoms with Crippen molar-refractivity contribution in [2.45, 2.75) is 18.1 Å². The Balaban J connectivity index is 2.25. The smallest absolute Gasteiger partial charge is 0.416 e. The van der Waals surface area contributed by atoms with Gasteiger partial charge in [-0.15, -0.1) is 0 Å². The van der Waals surface area contributed by atoms with E-state index in [0.717, 1.165) is 12.1 Å². The van der Waals surface area contributed by atoms with Crippen molar-refractivity contribution in [3.8, 4) is 11.4 Å². The van der Waals surface area contributed by atoms with Gasteiger partial charge in [0.25, 0.3) is 0 Å². The van der Waals surface area contributed by atoms with Crippen LogP contribution in [0.15, 0.2) is 35.4 Å². The second-order valence-electron chi connectivity index (χ2n) is 4.61. The average Bonchev–Trinajstić information content (AvgIpc) is 2.51. The first-order valence-corrected chi connectivity index (χ1v) is 7.51. The Hall–Kier alpha value is -2.09. The van der Waals surface area contributed by atoms with Gasteiger partial charge in [0.15, 0.2) is 5.82 Å². The number of aromatic nitrogens is 2. The molecule has 0 N–H and O–H groups in total. The predicted molar refractivity (Wildman–Crippen MR) is 79.9 cm³/mol. The molecule has 0 bridgehead atoms. The minimum absolute atomic E-state index is 0.0966. The lowest BCUT2D eigenvalue weighted by atomic mass is 10.1. The van der Waals surface area contributed by atoms with Crippen molar-refractivity contribution in [1.29, 1.82) is 0 Å². The highest BCUT2D eigenvalue weighted by Crippen LogP contribution is 2.30. The van der Waals surface area contributed by atoms with Crippen molar-refractivity contribution in [2.75, 3.05) is 12.9 Å². The van der Waals surface area contributed by atoms with Gasteiger partial charge in [-0.3, -0.25) is 4.79 Å². The topological polar surface area (TPSA) is 52.1 Å². The molecule has 1 aromatic carbocycles. The van der Waals surface area contributed by atoms with Gasteiger partial charge in [-0.2, -0.15) is 13.2 Å². The highest BCUT2D eigenvalue weighted by Gasteiger charge is 2.30. The molecular weight excluding hydrogens is 329 g/mol. The van der Waals surface area contributed by atoms with E-state index in [1.165, 1.54) is 31.0 Å². The van der Waals surface area contributed by atoms with E-state index in [2.05, 4.69) is 14.7 Å². The summed E-state index contributed by atoms with van der Waals surface area (Å²) in [5.41, 5.74) is 0.401. The molecule has 4 nitrogen and oxygen atoms in total. The largest absolute Gasteiger partial charge is 0.468 e. The molecule has 23 heavy (non-hydrogen) atoms. The third-order valence-corrected chi connectivity index (χ3v) is 3.75. The lowest BCUT2D eigenvalue weighted by molar-refractivity contribution is -0.138. The fraction of sp³-hybridized carbons (Fsp3) is 0.267. The van der Waals surface area contributed by atoms with Gasteiger partial charge in [0.05, 0.1) is 18.4 Å². The number of hydrogen-bond acceptors (Lipinski definition) is 5. The fourth-order valence-electron chi connectivity index (χ4n) is 1.74. The normalized spacial score (nSPS) is 11.3. The number of aryl methyl sites for hydroxylation is 1. The van der Waals surface area contributed by atoms with Crippen LogP contribution in [0.25, 0.3) is 11.4 Å². The Morgan fingerprint density at radius 2 is 1.87 bits per heavy atom. The number of halogens is 3. The summed E-state index contributed by atoms with van der Waals surface area (Å²) in [6.07, 6.45) is -4.38. The molecule has 1 aromatic heterocycles. The lowest BCUT2D eigenvalue weighted by Gasteiger charge is -2.08. The molecule has 0 radical (unpaired) electrons. The van der Waals surface area contributed by atoms with Gasteiger partial charge < -0.3 is 4.74 Å². The monoisotopic (exact) mass is 342 g/mol. The van der Waals surface area contributed by atoms with E-state index in [-0.39, 0.29) is 11.7 Å². The van der Waals surface area contributed by atoms with E-state index in [1.807, 2.05) is 0 Å². The second-order valence-corrected chi connectivity index (χ2v) is 5.61. The van der Waals surface area contributed by atoms with E-state index in [1.54, 1.807) is 13.0 Å². The minimum atomic E-state index is -4.38. The Bertz CT molecular complexity index is 703. The number of esters is 1. The molecule has 0 unspecified atom stereocenters. The number of hydrogen-bond donors (Lipinski definition) is 0. The van der Waals surface area contributed by atoms with Crippen LogP contribution < -0.4 is 0 Å². The molecule has 8 heteroatoms. The van der Waals surface area contributed by atoms with Gasteiger partial charge in [0, 0.05) is 11.3 Å². The molecule has 0 amide bonds. The van der Waals surface area contributed by atoms with Crippen LogP contribution in [0.3, 0.4) is 0 Å². The van der Waals surface area contributed by atoms with Gasteiger partial charge >= 0.3 is 12.1 Å². The van der Waals surface area contributed by atoms with E-state index in [4.69, 9.17) is 0 Å². The molecule has 0 spiro atoms. The molecule has 0 fully saturated rings. The first-order chi connectivity index (χ1) is 10.8. The molecule has 2 aromatic rings. The van der Waals surface area contributed by atoms with Crippen molar-refractivity contribution >= 4 is 17.7 Å². The number of carbonyl (C=O) groups is 1. The summed E-state index contributed by atoms with van der Waals surface area (Å²) in [7, 11) is 1.29. The first-order valence-electron chi connectivity index (χ1n) is 6.52. The molecule has 0 saturated carbocycles. The molecule has 0 aliphatic carbocycles. The number of rotatable bonds is 4. The highest BCUT2D eigenvalue weighted by molar-refractivity contribution is 7.99. The van der Waals surface area contributed by atoms with E-state index in [0.29, 0.717) is 22.1 Å². The maximum atomic E-state index is 12.6. The number of carbonyl (C=O) groups excluding carboxylic acids is 1. The Morgan fingerprint density at radius 1 is 1.22 bits per heavy atom. The van der Waals surface area contributed by atoms with Crippen molar-refractivity contribution in [1.82, 2.24) is 9.97 Å². The zero-order chi connectivity index (χ0) is 17.0. The Labute approximate surface area is 135 Å². The minimum Gasteiger partial charge on any atom is -0.468 e. The number of thioether (sulfide) groups is 1. The lowest BCUT2D eigenvalue weighted by Crippen LogP contribution is -2.05. The van der Waals surface area contributed by atoms with Crippen molar-refractivity contribution in [3.63, 3.8) is 0 Å². The summed E-state index contributed by atoms with van der Waals surface area (Å²) in [6.45, 7) is 1.75. The molecule has 0 aliphatic heterocycles. The third-order valence-electron chi connectivity index (χ3n) is 2.87. The van der Waals surface area contributed by atoms with E-state index in [9.17, 15) is 18.0 Å². The number of alkyl halides is 3. The molecular formula is C15H13F3N2O2S. The van der Waals surface area contributed by atoms with Crippen LogP contribution in [0.1, 0.15) is 11.3 Å². The number of benzene rings is 1. The zero-order valence-corrected chi connectivity index (χ0v) is 13.2. The van der Waals surface area contributed by atoms with Crippen LogP contribution in [0.4, 0.5) is 13.2 Å². The molecule has 2 rings (SSSR count). The van der Waals surface area contributed by atoms with Crippen molar-refractivity contribution in [2.24, 2.45) is 0 Å². The Kier molecular flexibility index (Phi) is 5.25. The summed E-state index contributed by atoms with van der Waals surface area (Å²) in [5.74, 6) is 0.0211. The van der Waals surface area contributed by atoms with Gasteiger partial charge in [-0.05, 0) is 25.1 Å². The first kappa shape index (κ1) is 17.3. The van der Waals surface area contributed by atoms with Gasteiger partial charge in [0.1, 0.15) is 5.03 Å². The number of nitrogens with zero attached hydrogens (tertiary/aromatic N) is 2. The van der Waals surface area contributed by atoms with Crippen LogP contribution in [0.5, 0.6) is 0 Å². The summed E-state index contributed by atoms with van der Waals surface area (Å²) >= 11 is 1.18. The van der Waals surface area contributed by atoms with E-state index < -0.39 is 11.7 Å². The van der Waals surface area contributed by atoms with Crippen LogP contribution in [-0.2, 0) is 15.7 Å². The SMILES string of the molecule is COC(=O)CSc1cc(C)nc(-c2ccc(C(F)(F)F)cc2)n1. The van der Waals surface area contributed by atoms with Gasteiger partial charge in [0.2, 0.25) is 0 Å². The molecule has 0 aliphatic rings. The summed E-state index contributed by atoms with van der Waals surface area (Å²) in [4.78, 5) is 19.6. The molecule has 0 saturated heterocycles. The van der Waals surface area contributed by atoms with Crippen LogP contribution in [0, 0.1) is 6.92 Å². The summed E-state index contributed by atoms with van der Waals surface area (Å²) < 4.78 is 42.3. The number of ether oxygens (including phenoxy) is 1. The average molecular weight is 342 g/mol. The highest BCUT2D eigenvalue weighted by atomic mass is 32.2. The Morgan fingerprint density at radius 3 is 2.43 bits per heavy atom. The molecule has 1 heterocycles.